The Hall–Kier alpha value is 1.34. The van der Waals surface area contributed by atoms with Gasteiger partial charge in [-0.05, 0) is 13.0 Å². The van der Waals surface area contributed by atoms with E-state index in [1.165, 1.54) is 10.5 Å². The smallest absolute Gasteiger partial charge is 0.274 e. The molecule has 0 saturated heterocycles. The zero-order valence-corrected chi connectivity index (χ0v) is 14.5. The molecule has 3 heteroatoms. The molecule has 66 valence electrons. The Morgan fingerprint density at radius 2 is 2.08 bits per heavy atom. The van der Waals surface area contributed by atoms with Gasteiger partial charge in [0.1, 0.15) is 0 Å². The van der Waals surface area contributed by atoms with Gasteiger partial charge in [-0.25, -0.2) is 0 Å². The van der Waals surface area contributed by atoms with E-state index in [-0.39, 0.29) is 58.2 Å². The van der Waals surface area contributed by atoms with Gasteiger partial charge < -0.3 is 0 Å². The first-order valence-corrected chi connectivity index (χ1v) is 4.91. The van der Waals surface area contributed by atoms with Gasteiger partial charge in [-0.3, -0.25) is 4.72 Å². The molecule has 0 aliphatic carbocycles. The van der Waals surface area contributed by atoms with Crippen LogP contribution in [-0.2, 0) is 0 Å². The summed E-state index contributed by atoms with van der Waals surface area (Å²) in [7, 11) is 1.92. The molecule has 0 fully saturated rings. The fourth-order valence-electron chi connectivity index (χ4n) is 0.963. The number of hydrogen-bond donors (Lipinski definition) is 1. The molecule has 1 aromatic rings. The van der Waals surface area contributed by atoms with Crippen LogP contribution in [0.3, 0.4) is 0 Å². The van der Waals surface area contributed by atoms with E-state index in [0.717, 1.165) is 0 Å². The molecule has 0 aromatic heterocycles. The van der Waals surface area contributed by atoms with Crippen molar-refractivity contribution in [2.45, 2.75) is 24.7 Å². The summed E-state index contributed by atoms with van der Waals surface area (Å²) in [6.07, 6.45) is 0. The van der Waals surface area contributed by atoms with Gasteiger partial charge >= 0.3 is 58.2 Å². The molecule has 0 aliphatic rings. The van der Waals surface area contributed by atoms with E-state index >= 15 is 0 Å². The number of rotatable bonds is 3. The molecule has 0 heterocycles. The van der Waals surface area contributed by atoms with Crippen molar-refractivity contribution < 1.29 is 58.2 Å². The van der Waals surface area contributed by atoms with Crippen LogP contribution >= 0.6 is 11.9 Å². The quantitative estimate of drug-likeness (QED) is 0.602. The minimum Gasteiger partial charge on any atom is -0.274 e. The summed E-state index contributed by atoms with van der Waals surface area (Å²) in [6, 6.07) is 9.53. The van der Waals surface area contributed by atoms with Crippen LogP contribution in [0.5, 0.6) is 0 Å². The SMILES string of the molecule is CNSc1c[c-]c(C(C)C)cc1.[Rb+]. The van der Waals surface area contributed by atoms with Gasteiger partial charge in [-0.15, -0.1) is 11.9 Å². The van der Waals surface area contributed by atoms with Gasteiger partial charge in [0.15, 0.2) is 0 Å². The zero-order chi connectivity index (χ0) is 8.97. The van der Waals surface area contributed by atoms with Crippen molar-refractivity contribution in [3.8, 4) is 0 Å². The minimum absolute atomic E-state index is 0. The molecule has 0 amide bonds. The Bertz CT molecular complexity index is 233. The fourth-order valence-corrected chi connectivity index (χ4v) is 1.45. The van der Waals surface area contributed by atoms with Crippen molar-refractivity contribution in [3.63, 3.8) is 0 Å². The Morgan fingerprint density at radius 3 is 2.46 bits per heavy atom. The van der Waals surface area contributed by atoms with Gasteiger partial charge in [0.25, 0.3) is 0 Å². The summed E-state index contributed by atoms with van der Waals surface area (Å²) < 4.78 is 3.03. The summed E-state index contributed by atoms with van der Waals surface area (Å²) in [5.41, 5.74) is 1.27. The topological polar surface area (TPSA) is 12.0 Å². The van der Waals surface area contributed by atoms with Gasteiger partial charge in [-0.2, -0.15) is 29.8 Å². The van der Waals surface area contributed by atoms with E-state index in [1.807, 2.05) is 13.1 Å². The average Bonchev–Trinajstić information content (AvgIpc) is 2.06. The van der Waals surface area contributed by atoms with Crippen LogP contribution in [0.2, 0.25) is 0 Å². The third-order valence-electron chi connectivity index (χ3n) is 1.65. The zero-order valence-electron chi connectivity index (χ0n) is 8.72. The standard InChI is InChI=1S/C10H14NS.Rb/c1-8(2)9-4-6-10(7-5-9)12-11-3;/h4,6-8,11H,1-3H3;/q-1;+1. The van der Waals surface area contributed by atoms with Crippen molar-refractivity contribution >= 4 is 11.9 Å². The van der Waals surface area contributed by atoms with E-state index in [4.69, 9.17) is 0 Å². The third kappa shape index (κ3) is 5.10. The van der Waals surface area contributed by atoms with Crippen LogP contribution in [0.1, 0.15) is 25.3 Å². The van der Waals surface area contributed by atoms with Crippen LogP contribution in [0.25, 0.3) is 0 Å². The first kappa shape index (κ1) is 14.3. The maximum absolute atomic E-state index is 3.26. The van der Waals surface area contributed by atoms with Crippen LogP contribution in [0.15, 0.2) is 23.1 Å². The number of hydrogen-bond acceptors (Lipinski definition) is 2. The second-order valence-corrected chi connectivity index (χ2v) is 4.02. The Morgan fingerprint density at radius 1 is 1.38 bits per heavy atom. The minimum atomic E-state index is 0. The predicted octanol–water partition coefficient (Wildman–Crippen LogP) is -0.159. The van der Waals surface area contributed by atoms with Gasteiger partial charge in [-0.1, -0.05) is 18.7 Å². The first-order valence-electron chi connectivity index (χ1n) is 4.09. The van der Waals surface area contributed by atoms with Crippen molar-refractivity contribution in [3.05, 3.63) is 29.8 Å². The molecule has 0 aliphatic heterocycles. The Kier molecular flexibility index (Phi) is 8.38. The van der Waals surface area contributed by atoms with Crippen molar-refractivity contribution in [2.24, 2.45) is 0 Å². The summed E-state index contributed by atoms with van der Waals surface area (Å²) in [6.45, 7) is 4.35. The van der Waals surface area contributed by atoms with E-state index in [9.17, 15) is 0 Å². The molecular weight excluding hydrogens is 252 g/mol. The maximum atomic E-state index is 3.26. The van der Waals surface area contributed by atoms with E-state index < -0.39 is 0 Å². The maximum Gasteiger partial charge on any atom is 1.00 e. The predicted molar refractivity (Wildman–Crippen MR) is 54.3 cm³/mol. The van der Waals surface area contributed by atoms with E-state index in [0.29, 0.717) is 5.92 Å². The third-order valence-corrected chi connectivity index (χ3v) is 2.34. The molecule has 0 saturated carbocycles. The van der Waals surface area contributed by atoms with Gasteiger partial charge in [0, 0.05) is 0 Å². The second-order valence-electron chi connectivity index (χ2n) is 2.94. The monoisotopic (exact) mass is 265 g/mol. The van der Waals surface area contributed by atoms with Gasteiger partial charge in [0.2, 0.25) is 0 Å². The molecule has 13 heavy (non-hydrogen) atoms. The summed E-state index contributed by atoms with van der Waals surface area (Å²) in [5.74, 6) is 0.568. The number of benzene rings is 1. The molecule has 0 bridgehead atoms. The normalized spacial score (nSPS) is 9.85. The Balaban J connectivity index is 0.00000144. The van der Waals surface area contributed by atoms with E-state index in [2.05, 4.69) is 36.8 Å². The van der Waals surface area contributed by atoms with Crippen molar-refractivity contribution in [1.82, 2.24) is 4.72 Å². The molecule has 0 atom stereocenters. The second kappa shape index (κ2) is 7.60. The largest absolute Gasteiger partial charge is 1.00 e. The van der Waals surface area contributed by atoms with E-state index in [1.54, 1.807) is 11.9 Å². The molecule has 1 rings (SSSR count). The van der Waals surface area contributed by atoms with Crippen molar-refractivity contribution in [1.29, 1.82) is 0 Å². The summed E-state index contributed by atoms with van der Waals surface area (Å²) in [5, 5.41) is 0. The van der Waals surface area contributed by atoms with Crippen LogP contribution in [0, 0.1) is 6.07 Å². The Labute approximate surface area is 134 Å². The number of nitrogens with one attached hydrogen (secondary N) is 1. The van der Waals surface area contributed by atoms with Gasteiger partial charge in [0.05, 0.1) is 0 Å². The molecule has 1 nitrogen and oxygen atoms in total. The van der Waals surface area contributed by atoms with Crippen molar-refractivity contribution in [2.75, 3.05) is 7.05 Å². The van der Waals surface area contributed by atoms with Crippen LogP contribution in [-0.4, -0.2) is 7.05 Å². The molecule has 1 aromatic carbocycles. The molecule has 0 unspecified atom stereocenters. The average molecular weight is 266 g/mol. The molecular formula is C10H14NRbS. The molecule has 1 N–H and O–H groups in total. The first-order chi connectivity index (χ1) is 5.74. The summed E-state index contributed by atoms with van der Waals surface area (Å²) >= 11 is 1.61. The van der Waals surface area contributed by atoms with Crippen LogP contribution in [0.4, 0.5) is 0 Å². The summed E-state index contributed by atoms with van der Waals surface area (Å²) in [4.78, 5) is 1.21. The fraction of sp³-hybridized carbons (Fsp3) is 0.400. The van der Waals surface area contributed by atoms with Crippen LogP contribution < -0.4 is 62.9 Å². The molecule has 0 spiro atoms. The molecule has 0 radical (unpaired) electrons.